The number of Topliss-reactive ketones (excluding diaryl/α,β-unsaturated/α-hetero) is 2. The van der Waals surface area contributed by atoms with Crippen LogP contribution in [0.4, 0.5) is 16.4 Å². The molecule has 3 aliphatic rings. The molecule has 3 heterocycles. The first-order valence-electron chi connectivity index (χ1n) is 13.1. The van der Waals surface area contributed by atoms with Crippen LogP contribution in [0.5, 0.6) is 0 Å². The Bertz CT molecular complexity index is 1740. The van der Waals surface area contributed by atoms with E-state index in [1.807, 2.05) is 32.1 Å². The highest BCUT2D eigenvalue weighted by Crippen LogP contribution is 2.61. The van der Waals surface area contributed by atoms with Crippen LogP contribution < -0.4 is 4.90 Å². The average Bonchev–Trinajstić information content (AvgIpc) is 3.42. The molecule has 188 valence electrons. The molecule has 0 saturated carbocycles. The summed E-state index contributed by atoms with van der Waals surface area (Å²) in [4.78, 5) is 30.2. The molecule has 0 radical (unpaired) electrons. The van der Waals surface area contributed by atoms with Crippen LogP contribution in [0.15, 0.2) is 66.2 Å². The number of aryl methyl sites for hydroxylation is 2. The third-order valence-corrected chi connectivity index (χ3v) is 9.95. The third kappa shape index (κ3) is 2.79. The molecular formula is C34H29NO2S. The fourth-order valence-corrected chi connectivity index (χ4v) is 8.02. The van der Waals surface area contributed by atoms with Gasteiger partial charge in [0.15, 0.2) is 11.6 Å². The van der Waals surface area contributed by atoms with Crippen LogP contribution in [0.25, 0.3) is 6.08 Å². The van der Waals surface area contributed by atoms with Gasteiger partial charge in [0.2, 0.25) is 0 Å². The first kappa shape index (κ1) is 23.4. The zero-order valence-corrected chi connectivity index (χ0v) is 23.3. The Labute approximate surface area is 227 Å². The molecule has 0 fully saturated rings. The fourth-order valence-electron chi connectivity index (χ4n) is 6.74. The zero-order chi connectivity index (χ0) is 26.7. The van der Waals surface area contributed by atoms with Gasteiger partial charge in [-0.2, -0.15) is 0 Å². The molecule has 7 rings (SSSR count). The lowest BCUT2D eigenvalue weighted by Gasteiger charge is -2.48. The number of benzene rings is 3. The van der Waals surface area contributed by atoms with Crippen LogP contribution in [0.1, 0.15) is 86.7 Å². The van der Waals surface area contributed by atoms with E-state index in [2.05, 4.69) is 81.1 Å². The predicted molar refractivity (Wildman–Crippen MR) is 156 cm³/mol. The van der Waals surface area contributed by atoms with E-state index < -0.39 is 0 Å². The first-order chi connectivity index (χ1) is 18.0. The van der Waals surface area contributed by atoms with Crippen LogP contribution >= 0.6 is 11.3 Å². The third-order valence-electron chi connectivity index (χ3n) is 8.88. The number of para-hydroxylation sites is 2. The molecule has 0 unspecified atom stereocenters. The summed E-state index contributed by atoms with van der Waals surface area (Å²) >= 11 is 1.66. The molecule has 1 aromatic heterocycles. The number of thiophene rings is 1. The summed E-state index contributed by atoms with van der Waals surface area (Å²) in [5.41, 5.74) is 10.4. The van der Waals surface area contributed by atoms with Crippen LogP contribution in [0.2, 0.25) is 0 Å². The van der Waals surface area contributed by atoms with Crippen LogP contribution in [-0.2, 0) is 10.8 Å². The normalized spacial score (nSPS) is 17.6. The van der Waals surface area contributed by atoms with E-state index in [9.17, 15) is 9.59 Å². The number of allylic oxidation sites excluding steroid dienone is 1. The lowest BCUT2D eigenvalue weighted by atomic mass is 9.67. The Hall–Kier alpha value is -3.76. The van der Waals surface area contributed by atoms with E-state index in [1.165, 1.54) is 33.6 Å². The minimum atomic E-state index is -0.230. The Balaban J connectivity index is 1.45. The summed E-state index contributed by atoms with van der Waals surface area (Å²) in [7, 11) is 0. The lowest BCUT2D eigenvalue weighted by Crippen LogP contribution is -2.37. The van der Waals surface area contributed by atoms with Crippen molar-refractivity contribution in [3.8, 4) is 0 Å². The van der Waals surface area contributed by atoms with Crippen molar-refractivity contribution in [1.29, 1.82) is 0 Å². The highest BCUT2D eigenvalue weighted by molar-refractivity contribution is 7.17. The van der Waals surface area contributed by atoms with E-state index in [-0.39, 0.29) is 28.0 Å². The molecule has 2 aliphatic heterocycles. The van der Waals surface area contributed by atoms with E-state index in [1.54, 1.807) is 11.3 Å². The summed E-state index contributed by atoms with van der Waals surface area (Å²) in [6, 6.07) is 21.4. The van der Waals surface area contributed by atoms with Gasteiger partial charge in [0.25, 0.3) is 0 Å². The Morgan fingerprint density at radius 2 is 1.26 bits per heavy atom. The van der Waals surface area contributed by atoms with Gasteiger partial charge >= 0.3 is 0 Å². The molecule has 0 amide bonds. The van der Waals surface area contributed by atoms with Crippen LogP contribution in [0.3, 0.4) is 0 Å². The van der Waals surface area contributed by atoms with Gasteiger partial charge in [0.1, 0.15) is 5.00 Å². The molecule has 4 heteroatoms. The zero-order valence-electron chi connectivity index (χ0n) is 22.5. The van der Waals surface area contributed by atoms with E-state index in [0.29, 0.717) is 11.1 Å². The molecular weight excluding hydrogens is 486 g/mol. The van der Waals surface area contributed by atoms with Gasteiger partial charge in [-0.05, 0) is 65.4 Å². The molecule has 0 bridgehead atoms. The summed E-state index contributed by atoms with van der Waals surface area (Å²) in [6.07, 6.45) is 1.83. The molecule has 38 heavy (non-hydrogen) atoms. The van der Waals surface area contributed by atoms with Gasteiger partial charge in [-0.15, -0.1) is 11.3 Å². The quantitative estimate of drug-likeness (QED) is 0.188. The molecule has 3 nitrogen and oxygen atoms in total. The smallest absolute Gasteiger partial charge is 0.198 e. The van der Waals surface area contributed by atoms with Crippen molar-refractivity contribution in [1.82, 2.24) is 0 Å². The summed E-state index contributed by atoms with van der Waals surface area (Å²) in [5, 5.41) is 1.16. The largest absolute Gasteiger partial charge is 0.301 e. The number of rotatable bonds is 1. The SMILES string of the molecule is Cc1ccc(C)c2c1C(=O)C(=Cc1cc3c(s1)N1c4ccccc4C(C)(C)c4cccc(c41)C3(C)C)C2=O. The van der Waals surface area contributed by atoms with Gasteiger partial charge in [-0.25, -0.2) is 0 Å². The Morgan fingerprint density at radius 1 is 0.711 bits per heavy atom. The van der Waals surface area contributed by atoms with Crippen LogP contribution in [-0.4, -0.2) is 11.6 Å². The van der Waals surface area contributed by atoms with Crippen molar-refractivity contribution >= 4 is 45.4 Å². The fraction of sp³-hybridized carbons (Fsp3) is 0.235. The monoisotopic (exact) mass is 515 g/mol. The number of hydrogen-bond acceptors (Lipinski definition) is 4. The number of fused-ring (bicyclic) bond motifs is 5. The van der Waals surface area contributed by atoms with E-state index in [0.717, 1.165) is 21.0 Å². The number of carbonyl (C=O) groups is 2. The van der Waals surface area contributed by atoms with Crippen LogP contribution in [0, 0.1) is 13.8 Å². The first-order valence-corrected chi connectivity index (χ1v) is 13.9. The maximum Gasteiger partial charge on any atom is 0.198 e. The number of nitrogens with zero attached hydrogens (tertiary/aromatic N) is 1. The topological polar surface area (TPSA) is 37.4 Å². The number of anilines is 3. The Kier molecular flexibility index (Phi) is 4.56. The minimum absolute atomic E-state index is 0.127. The number of ketones is 2. The average molecular weight is 516 g/mol. The molecule has 0 saturated heterocycles. The molecule has 0 N–H and O–H groups in total. The number of hydrogen-bond donors (Lipinski definition) is 0. The summed E-state index contributed by atoms with van der Waals surface area (Å²) < 4.78 is 0. The second kappa shape index (κ2) is 7.42. The van der Waals surface area contributed by atoms with Gasteiger partial charge in [0, 0.05) is 26.8 Å². The van der Waals surface area contributed by atoms with Crippen molar-refractivity contribution in [2.75, 3.05) is 4.90 Å². The van der Waals surface area contributed by atoms with Gasteiger partial charge < -0.3 is 4.90 Å². The predicted octanol–water partition coefficient (Wildman–Crippen LogP) is 8.58. The second-order valence-corrected chi connectivity index (χ2v) is 12.9. The van der Waals surface area contributed by atoms with Crippen molar-refractivity contribution in [3.63, 3.8) is 0 Å². The molecule has 0 atom stereocenters. The van der Waals surface area contributed by atoms with E-state index >= 15 is 0 Å². The van der Waals surface area contributed by atoms with Crippen molar-refractivity contribution in [3.05, 3.63) is 116 Å². The maximum atomic E-state index is 13.4. The maximum absolute atomic E-state index is 13.4. The molecule has 3 aromatic carbocycles. The Morgan fingerprint density at radius 3 is 1.89 bits per heavy atom. The number of carbonyl (C=O) groups excluding carboxylic acids is 2. The molecule has 1 aliphatic carbocycles. The molecule has 4 aromatic rings. The minimum Gasteiger partial charge on any atom is -0.301 e. The highest BCUT2D eigenvalue weighted by Gasteiger charge is 2.46. The lowest BCUT2D eigenvalue weighted by molar-refractivity contribution is 0.0990. The molecule has 0 spiro atoms. The van der Waals surface area contributed by atoms with Crippen molar-refractivity contribution < 1.29 is 9.59 Å². The second-order valence-electron chi connectivity index (χ2n) is 11.8. The van der Waals surface area contributed by atoms with E-state index in [4.69, 9.17) is 0 Å². The van der Waals surface area contributed by atoms with Crippen molar-refractivity contribution in [2.24, 2.45) is 0 Å². The summed E-state index contributed by atoms with van der Waals surface area (Å²) in [6.45, 7) is 13.0. The standard InChI is InChI=1S/C34H29NO2S/c1-18-14-15-19(2)28-27(18)30(36)21(31(28)37)16-20-17-25-32(38-20)35-26-13-8-7-10-22(26)33(3,4)23-11-9-12-24(29(23)35)34(25,5)6/h7-17H,1-6H3. The van der Waals surface area contributed by atoms with Crippen molar-refractivity contribution in [2.45, 2.75) is 52.4 Å². The van der Waals surface area contributed by atoms with Gasteiger partial charge in [-0.3, -0.25) is 9.59 Å². The summed E-state index contributed by atoms with van der Waals surface area (Å²) in [5.74, 6) is -0.319. The highest BCUT2D eigenvalue weighted by atomic mass is 32.1. The van der Waals surface area contributed by atoms with Gasteiger partial charge in [-0.1, -0.05) is 76.2 Å². The van der Waals surface area contributed by atoms with Gasteiger partial charge in [0.05, 0.1) is 16.9 Å².